The summed E-state index contributed by atoms with van der Waals surface area (Å²) in [5.41, 5.74) is 1.29. The highest BCUT2D eigenvalue weighted by Crippen LogP contribution is 2.35. The Morgan fingerprint density at radius 1 is 1.56 bits per heavy atom. The second-order valence-electron chi connectivity index (χ2n) is 4.07. The Kier molecular flexibility index (Phi) is 3.19. The van der Waals surface area contributed by atoms with Gasteiger partial charge < -0.3 is 9.84 Å². The molecule has 1 unspecified atom stereocenters. The van der Waals surface area contributed by atoms with Crippen LogP contribution in [0.5, 0.6) is 5.75 Å². The lowest BCUT2D eigenvalue weighted by molar-refractivity contribution is 0.0696. The Morgan fingerprint density at radius 2 is 2.31 bits per heavy atom. The van der Waals surface area contributed by atoms with Gasteiger partial charge in [0.25, 0.3) is 0 Å². The first kappa shape index (κ1) is 11.5. The molecule has 16 heavy (non-hydrogen) atoms. The quantitative estimate of drug-likeness (QED) is 0.861. The van der Waals surface area contributed by atoms with Gasteiger partial charge in [-0.15, -0.1) is 0 Å². The molecule has 1 aliphatic rings. The van der Waals surface area contributed by atoms with E-state index in [1.54, 1.807) is 12.1 Å². The van der Waals surface area contributed by atoms with Gasteiger partial charge >= 0.3 is 5.97 Å². The van der Waals surface area contributed by atoms with Crippen LogP contribution in [0.2, 0.25) is 0 Å². The molecule has 0 fully saturated rings. The van der Waals surface area contributed by atoms with Gasteiger partial charge in [-0.05, 0) is 59.8 Å². The minimum Gasteiger partial charge on any atom is -0.489 e. The van der Waals surface area contributed by atoms with Crippen LogP contribution >= 0.6 is 15.9 Å². The van der Waals surface area contributed by atoms with Crippen LogP contribution in [0.25, 0.3) is 0 Å². The van der Waals surface area contributed by atoms with Gasteiger partial charge in [0, 0.05) is 0 Å². The Bertz CT molecular complexity index is 429. The van der Waals surface area contributed by atoms with E-state index >= 15 is 0 Å². The number of halogens is 1. The number of carbonyl (C=O) groups is 1. The molecule has 86 valence electrons. The number of hydrogen-bond donors (Lipinski definition) is 1. The van der Waals surface area contributed by atoms with Crippen LogP contribution in [0, 0.1) is 0 Å². The number of benzene rings is 1. The number of carboxylic acids is 1. The fourth-order valence-corrected chi connectivity index (χ4v) is 2.53. The Labute approximate surface area is 103 Å². The van der Waals surface area contributed by atoms with E-state index in [0.29, 0.717) is 5.56 Å². The van der Waals surface area contributed by atoms with Gasteiger partial charge in [-0.3, -0.25) is 0 Å². The highest BCUT2D eigenvalue weighted by atomic mass is 79.9. The molecule has 0 spiro atoms. The predicted molar refractivity (Wildman–Crippen MR) is 64.1 cm³/mol. The molecular weight excluding hydrogens is 272 g/mol. The molecule has 3 nitrogen and oxygen atoms in total. The fraction of sp³-hybridized carbons (Fsp3) is 0.417. The van der Waals surface area contributed by atoms with E-state index in [2.05, 4.69) is 15.9 Å². The number of aromatic carboxylic acids is 1. The molecule has 0 radical (unpaired) electrons. The number of carboxylic acid groups (broad SMARTS) is 1. The highest BCUT2D eigenvalue weighted by Gasteiger charge is 2.19. The van der Waals surface area contributed by atoms with Crippen molar-refractivity contribution in [2.45, 2.75) is 32.3 Å². The van der Waals surface area contributed by atoms with Crippen LogP contribution in [0.4, 0.5) is 0 Å². The van der Waals surface area contributed by atoms with Crippen LogP contribution in [0.3, 0.4) is 0 Å². The van der Waals surface area contributed by atoms with Gasteiger partial charge in [0.1, 0.15) is 5.75 Å². The lowest BCUT2D eigenvalue weighted by atomic mass is 10.0. The normalized spacial score (nSPS) is 19.5. The highest BCUT2D eigenvalue weighted by molar-refractivity contribution is 9.10. The molecule has 0 aliphatic carbocycles. The molecule has 2 rings (SSSR count). The molecule has 4 heteroatoms. The van der Waals surface area contributed by atoms with E-state index in [9.17, 15) is 4.79 Å². The van der Waals surface area contributed by atoms with E-state index in [1.165, 1.54) is 0 Å². The molecule has 1 heterocycles. The van der Waals surface area contributed by atoms with Crippen molar-refractivity contribution in [2.75, 3.05) is 0 Å². The lowest BCUT2D eigenvalue weighted by Gasteiger charge is -2.14. The molecule has 0 saturated carbocycles. The van der Waals surface area contributed by atoms with Crippen molar-refractivity contribution < 1.29 is 14.6 Å². The first-order valence-corrected chi connectivity index (χ1v) is 6.09. The maximum atomic E-state index is 10.9. The van der Waals surface area contributed by atoms with Crippen molar-refractivity contribution in [3.05, 3.63) is 27.7 Å². The van der Waals surface area contributed by atoms with Gasteiger partial charge in [0.05, 0.1) is 16.1 Å². The number of hydrogen-bond acceptors (Lipinski definition) is 2. The van der Waals surface area contributed by atoms with E-state index in [4.69, 9.17) is 9.84 Å². The van der Waals surface area contributed by atoms with Gasteiger partial charge in [-0.2, -0.15) is 0 Å². The zero-order chi connectivity index (χ0) is 11.7. The topological polar surface area (TPSA) is 46.5 Å². The van der Waals surface area contributed by atoms with Crippen molar-refractivity contribution in [1.29, 1.82) is 0 Å². The molecule has 0 aromatic heterocycles. The summed E-state index contributed by atoms with van der Waals surface area (Å²) in [6.45, 7) is 2.03. The van der Waals surface area contributed by atoms with Gasteiger partial charge in [0.15, 0.2) is 0 Å². The molecule has 1 atom stereocenters. The third-order valence-corrected chi connectivity index (χ3v) is 3.33. The number of fused-ring (bicyclic) bond motifs is 1. The molecule has 1 aliphatic heterocycles. The maximum Gasteiger partial charge on any atom is 0.335 e. The van der Waals surface area contributed by atoms with E-state index in [0.717, 1.165) is 35.0 Å². The summed E-state index contributed by atoms with van der Waals surface area (Å²) < 4.78 is 6.52. The summed E-state index contributed by atoms with van der Waals surface area (Å²) in [6, 6.07) is 3.31. The SMILES string of the molecule is CC1CCCc2cc(C(=O)O)cc(Br)c2O1. The van der Waals surface area contributed by atoms with Crippen molar-refractivity contribution in [3.8, 4) is 5.75 Å². The van der Waals surface area contributed by atoms with Crippen LogP contribution in [-0.4, -0.2) is 17.2 Å². The summed E-state index contributed by atoms with van der Waals surface area (Å²) in [6.07, 6.45) is 3.10. The number of rotatable bonds is 1. The summed E-state index contributed by atoms with van der Waals surface area (Å²) in [5, 5.41) is 8.97. The molecular formula is C12H13BrO3. The molecule has 1 N–H and O–H groups in total. The monoisotopic (exact) mass is 284 g/mol. The summed E-state index contributed by atoms with van der Waals surface area (Å²) in [4.78, 5) is 10.9. The summed E-state index contributed by atoms with van der Waals surface area (Å²) in [5.74, 6) is -0.101. The molecule has 1 aromatic rings. The first-order valence-electron chi connectivity index (χ1n) is 5.30. The second-order valence-corrected chi connectivity index (χ2v) is 4.93. The van der Waals surface area contributed by atoms with Gasteiger partial charge in [-0.1, -0.05) is 0 Å². The van der Waals surface area contributed by atoms with Crippen LogP contribution in [0.1, 0.15) is 35.7 Å². The number of aryl methyl sites for hydroxylation is 1. The Morgan fingerprint density at radius 3 is 3.00 bits per heavy atom. The van der Waals surface area contributed by atoms with Crippen molar-refractivity contribution in [2.24, 2.45) is 0 Å². The van der Waals surface area contributed by atoms with Crippen molar-refractivity contribution in [3.63, 3.8) is 0 Å². The molecule has 0 bridgehead atoms. The minimum absolute atomic E-state index is 0.188. The van der Waals surface area contributed by atoms with Gasteiger partial charge in [-0.25, -0.2) is 4.79 Å². The molecule has 0 amide bonds. The second kappa shape index (κ2) is 4.45. The van der Waals surface area contributed by atoms with Crippen molar-refractivity contribution in [1.82, 2.24) is 0 Å². The Balaban J connectivity index is 2.47. The first-order chi connectivity index (χ1) is 7.58. The Hall–Kier alpha value is -1.03. The van der Waals surface area contributed by atoms with Crippen LogP contribution in [-0.2, 0) is 6.42 Å². The molecule has 0 saturated heterocycles. The summed E-state index contributed by atoms with van der Waals surface area (Å²) >= 11 is 3.38. The minimum atomic E-state index is -0.902. The van der Waals surface area contributed by atoms with E-state index < -0.39 is 5.97 Å². The lowest BCUT2D eigenvalue weighted by Crippen LogP contribution is -2.10. The van der Waals surface area contributed by atoms with Crippen LogP contribution < -0.4 is 4.74 Å². The average molecular weight is 285 g/mol. The zero-order valence-electron chi connectivity index (χ0n) is 9.00. The molecule has 1 aromatic carbocycles. The van der Waals surface area contributed by atoms with E-state index in [-0.39, 0.29) is 6.10 Å². The average Bonchev–Trinajstić information content (AvgIpc) is 2.39. The van der Waals surface area contributed by atoms with Crippen LogP contribution in [0.15, 0.2) is 16.6 Å². The fourth-order valence-electron chi connectivity index (χ4n) is 1.93. The van der Waals surface area contributed by atoms with E-state index in [1.807, 2.05) is 6.92 Å². The van der Waals surface area contributed by atoms with Crippen molar-refractivity contribution >= 4 is 21.9 Å². The largest absolute Gasteiger partial charge is 0.489 e. The maximum absolute atomic E-state index is 10.9. The smallest absolute Gasteiger partial charge is 0.335 e. The third-order valence-electron chi connectivity index (χ3n) is 2.74. The third kappa shape index (κ3) is 2.21. The van der Waals surface area contributed by atoms with Gasteiger partial charge in [0.2, 0.25) is 0 Å². The summed E-state index contributed by atoms with van der Waals surface area (Å²) in [7, 11) is 0. The standard InChI is InChI=1S/C12H13BrO3/c1-7-3-2-4-8-5-9(12(14)15)6-10(13)11(8)16-7/h5-7H,2-4H2,1H3,(H,14,15). The predicted octanol–water partition coefficient (Wildman–Crippen LogP) is 3.25. The number of ether oxygens (including phenoxy) is 1. The zero-order valence-corrected chi connectivity index (χ0v) is 10.6.